The standard InChI is InChI=1S/C26H38O5/c1-17(2)23(28)10-6-8-12-25(30)21-14-20(19(5)27)15-22(16-21)26(31)13-9-7-11-24(29)18(3)4/h20-22H,1,3,6-16H2,2,4-5H3. The fraction of sp³-hybridized carbons (Fsp3) is 0.654. The molecule has 1 fully saturated rings. The molecule has 1 saturated carbocycles. The summed E-state index contributed by atoms with van der Waals surface area (Å²) in [5.74, 6) is -0.496. The van der Waals surface area contributed by atoms with Gasteiger partial charge in [0.2, 0.25) is 0 Å². The van der Waals surface area contributed by atoms with Gasteiger partial charge >= 0.3 is 0 Å². The molecular weight excluding hydrogens is 392 g/mol. The summed E-state index contributed by atoms with van der Waals surface area (Å²) in [5.41, 5.74) is 1.07. The van der Waals surface area contributed by atoms with Crippen molar-refractivity contribution < 1.29 is 24.0 Å². The van der Waals surface area contributed by atoms with Crippen molar-refractivity contribution in [2.75, 3.05) is 0 Å². The Kier molecular flexibility index (Phi) is 11.5. The van der Waals surface area contributed by atoms with E-state index in [9.17, 15) is 24.0 Å². The Morgan fingerprint density at radius 2 is 0.903 bits per heavy atom. The maximum absolute atomic E-state index is 12.7. The third-order valence-corrected chi connectivity index (χ3v) is 6.30. The van der Waals surface area contributed by atoms with Gasteiger partial charge in [-0.05, 0) is 76.9 Å². The van der Waals surface area contributed by atoms with Crippen molar-refractivity contribution in [1.29, 1.82) is 0 Å². The molecule has 0 N–H and O–H groups in total. The van der Waals surface area contributed by atoms with Crippen LogP contribution in [-0.2, 0) is 24.0 Å². The highest BCUT2D eigenvalue weighted by Crippen LogP contribution is 2.36. The first-order chi connectivity index (χ1) is 14.5. The van der Waals surface area contributed by atoms with Crippen LogP contribution in [-0.4, -0.2) is 28.9 Å². The van der Waals surface area contributed by atoms with Gasteiger partial charge in [0.15, 0.2) is 11.6 Å². The maximum Gasteiger partial charge on any atom is 0.157 e. The molecular formula is C26H38O5. The van der Waals surface area contributed by atoms with Crippen molar-refractivity contribution in [3.63, 3.8) is 0 Å². The average Bonchev–Trinajstić information content (AvgIpc) is 2.72. The lowest BCUT2D eigenvalue weighted by molar-refractivity contribution is -0.132. The van der Waals surface area contributed by atoms with Crippen LogP contribution in [0.5, 0.6) is 0 Å². The molecule has 172 valence electrons. The van der Waals surface area contributed by atoms with Gasteiger partial charge in [0, 0.05) is 43.4 Å². The van der Waals surface area contributed by atoms with E-state index in [4.69, 9.17) is 0 Å². The monoisotopic (exact) mass is 430 g/mol. The van der Waals surface area contributed by atoms with Gasteiger partial charge in [0.25, 0.3) is 0 Å². The molecule has 1 aliphatic rings. The lowest BCUT2D eigenvalue weighted by atomic mass is 9.70. The Labute approximate surface area is 186 Å². The summed E-state index contributed by atoms with van der Waals surface area (Å²) < 4.78 is 0. The summed E-state index contributed by atoms with van der Waals surface area (Å²) in [5, 5.41) is 0. The molecule has 0 saturated heterocycles. The van der Waals surface area contributed by atoms with E-state index in [-0.39, 0.29) is 46.7 Å². The van der Waals surface area contributed by atoms with Crippen LogP contribution >= 0.6 is 0 Å². The topological polar surface area (TPSA) is 85.3 Å². The molecule has 0 heterocycles. The summed E-state index contributed by atoms with van der Waals surface area (Å²) >= 11 is 0. The molecule has 1 rings (SSSR count). The number of carbonyl (C=O) groups excluding carboxylic acids is 5. The second kappa shape index (κ2) is 13.3. The highest BCUT2D eigenvalue weighted by atomic mass is 16.1. The van der Waals surface area contributed by atoms with Gasteiger partial charge in [-0.25, -0.2) is 0 Å². The minimum absolute atomic E-state index is 0.0253. The van der Waals surface area contributed by atoms with Gasteiger partial charge in [-0.3, -0.25) is 24.0 Å². The minimum Gasteiger partial charge on any atom is -0.300 e. The van der Waals surface area contributed by atoms with Crippen molar-refractivity contribution in [2.45, 2.75) is 91.4 Å². The van der Waals surface area contributed by atoms with Gasteiger partial charge in [-0.1, -0.05) is 13.2 Å². The first kappa shape index (κ1) is 26.9. The third kappa shape index (κ3) is 9.67. The van der Waals surface area contributed by atoms with E-state index in [0.717, 1.165) is 0 Å². The van der Waals surface area contributed by atoms with Crippen molar-refractivity contribution in [1.82, 2.24) is 0 Å². The molecule has 5 heteroatoms. The number of hydrogen-bond donors (Lipinski definition) is 0. The first-order valence-corrected chi connectivity index (χ1v) is 11.5. The first-order valence-electron chi connectivity index (χ1n) is 11.5. The third-order valence-electron chi connectivity index (χ3n) is 6.30. The quantitative estimate of drug-likeness (QED) is 0.265. The van der Waals surface area contributed by atoms with E-state index in [1.165, 1.54) is 6.92 Å². The van der Waals surface area contributed by atoms with Crippen LogP contribution < -0.4 is 0 Å². The second-order valence-corrected chi connectivity index (χ2v) is 9.16. The average molecular weight is 431 g/mol. The molecule has 0 aromatic rings. The molecule has 0 aliphatic heterocycles. The Morgan fingerprint density at radius 3 is 1.23 bits per heavy atom. The lowest BCUT2D eigenvalue weighted by Crippen LogP contribution is -2.34. The second-order valence-electron chi connectivity index (χ2n) is 9.16. The van der Waals surface area contributed by atoms with E-state index in [0.29, 0.717) is 81.8 Å². The van der Waals surface area contributed by atoms with E-state index in [2.05, 4.69) is 13.2 Å². The van der Waals surface area contributed by atoms with Gasteiger partial charge < -0.3 is 0 Å². The molecule has 5 nitrogen and oxygen atoms in total. The van der Waals surface area contributed by atoms with Crippen LogP contribution in [0.15, 0.2) is 24.3 Å². The predicted octanol–water partition coefficient (Wildman–Crippen LogP) is 5.16. The molecule has 31 heavy (non-hydrogen) atoms. The van der Waals surface area contributed by atoms with Crippen molar-refractivity contribution in [3.8, 4) is 0 Å². The lowest BCUT2D eigenvalue weighted by Gasteiger charge is -2.32. The van der Waals surface area contributed by atoms with Gasteiger partial charge in [-0.15, -0.1) is 0 Å². The van der Waals surface area contributed by atoms with Gasteiger partial charge in [0.05, 0.1) is 0 Å². The summed E-state index contributed by atoms with van der Waals surface area (Å²) in [6.07, 6.45) is 5.67. The zero-order chi connectivity index (χ0) is 23.6. The summed E-state index contributed by atoms with van der Waals surface area (Å²) in [6, 6.07) is 0. The Bertz CT molecular complexity index is 676. The molecule has 0 spiro atoms. The van der Waals surface area contributed by atoms with Crippen LogP contribution in [0.4, 0.5) is 0 Å². The molecule has 0 bridgehead atoms. The van der Waals surface area contributed by atoms with E-state index in [1.807, 2.05) is 0 Å². The maximum atomic E-state index is 12.7. The molecule has 0 radical (unpaired) electrons. The SMILES string of the molecule is C=C(C)C(=O)CCCCC(=O)C1CC(C(C)=O)CC(C(=O)CCCCC(=O)C(=C)C)C1. The number of rotatable bonds is 15. The molecule has 2 atom stereocenters. The Morgan fingerprint density at radius 1 is 0.581 bits per heavy atom. The number of unbranched alkanes of at least 4 members (excludes halogenated alkanes) is 2. The zero-order valence-corrected chi connectivity index (χ0v) is 19.5. The molecule has 0 aromatic carbocycles. The fourth-order valence-electron chi connectivity index (χ4n) is 4.18. The van der Waals surface area contributed by atoms with E-state index in [1.54, 1.807) is 13.8 Å². The van der Waals surface area contributed by atoms with Gasteiger partial charge in [-0.2, -0.15) is 0 Å². The van der Waals surface area contributed by atoms with Gasteiger partial charge in [0.1, 0.15) is 17.3 Å². The van der Waals surface area contributed by atoms with Crippen molar-refractivity contribution >= 4 is 28.9 Å². The highest BCUT2D eigenvalue weighted by Gasteiger charge is 2.37. The smallest absolute Gasteiger partial charge is 0.157 e. The summed E-state index contributed by atoms with van der Waals surface area (Å²) in [7, 11) is 0. The number of carbonyl (C=O) groups is 5. The van der Waals surface area contributed by atoms with Crippen LogP contribution in [0, 0.1) is 17.8 Å². The normalized spacial score (nSPS) is 20.7. The van der Waals surface area contributed by atoms with Crippen molar-refractivity contribution in [2.24, 2.45) is 17.8 Å². The Balaban J connectivity index is 2.55. The largest absolute Gasteiger partial charge is 0.300 e. The number of hydrogen-bond acceptors (Lipinski definition) is 5. The molecule has 1 aliphatic carbocycles. The van der Waals surface area contributed by atoms with Crippen LogP contribution in [0.25, 0.3) is 0 Å². The highest BCUT2D eigenvalue weighted by molar-refractivity contribution is 5.94. The fourth-order valence-corrected chi connectivity index (χ4v) is 4.18. The summed E-state index contributed by atoms with van der Waals surface area (Å²) in [4.78, 5) is 60.7. The van der Waals surface area contributed by atoms with Crippen molar-refractivity contribution in [3.05, 3.63) is 24.3 Å². The zero-order valence-electron chi connectivity index (χ0n) is 19.5. The predicted molar refractivity (Wildman–Crippen MR) is 122 cm³/mol. The van der Waals surface area contributed by atoms with E-state index >= 15 is 0 Å². The number of allylic oxidation sites excluding steroid dienone is 2. The molecule has 2 unspecified atom stereocenters. The summed E-state index contributed by atoms with van der Waals surface area (Å²) in [6.45, 7) is 12.2. The molecule has 0 amide bonds. The number of Topliss-reactive ketones (excluding diaryl/α,β-unsaturated/α-hetero) is 5. The van der Waals surface area contributed by atoms with Crippen LogP contribution in [0.1, 0.15) is 91.4 Å². The van der Waals surface area contributed by atoms with Crippen LogP contribution in [0.3, 0.4) is 0 Å². The number of ketones is 5. The molecule has 0 aromatic heterocycles. The van der Waals surface area contributed by atoms with E-state index < -0.39 is 0 Å². The van der Waals surface area contributed by atoms with Crippen LogP contribution in [0.2, 0.25) is 0 Å². The Hall–Kier alpha value is -2.17. The minimum atomic E-state index is -0.265.